The van der Waals surface area contributed by atoms with E-state index in [9.17, 15) is 0 Å². The third-order valence-electron chi connectivity index (χ3n) is 2.56. The first-order valence-corrected chi connectivity index (χ1v) is 5.64. The maximum absolute atomic E-state index is 6.04. The van der Waals surface area contributed by atoms with Gasteiger partial charge in [0.15, 0.2) is 0 Å². The average Bonchev–Trinajstić information content (AvgIpc) is 2.26. The van der Waals surface area contributed by atoms with Gasteiger partial charge >= 0.3 is 0 Å². The van der Waals surface area contributed by atoms with E-state index >= 15 is 0 Å². The van der Waals surface area contributed by atoms with Crippen molar-refractivity contribution in [2.45, 2.75) is 38.6 Å². The first kappa shape index (κ1) is 15.3. The highest BCUT2D eigenvalue weighted by Crippen LogP contribution is 2.14. The van der Waals surface area contributed by atoms with Crippen molar-refractivity contribution in [1.29, 1.82) is 0 Å². The zero-order valence-electron chi connectivity index (χ0n) is 10.1. The monoisotopic (exact) mass is 243 g/mol. The Hall–Kier alpha value is -0.730. The molecule has 1 atom stereocenters. The smallest absolute Gasteiger partial charge is 0.119 e. The molecule has 0 aliphatic heterocycles. The SMILES string of the molecule is CCCCC(N)Cc1cccc(OC)c1.Cl. The number of benzene rings is 1. The molecule has 0 amide bonds. The summed E-state index contributed by atoms with van der Waals surface area (Å²) in [6.45, 7) is 2.19. The number of nitrogens with two attached hydrogens (primary N) is 1. The van der Waals surface area contributed by atoms with E-state index in [1.807, 2.05) is 12.1 Å². The quantitative estimate of drug-likeness (QED) is 0.833. The van der Waals surface area contributed by atoms with Gasteiger partial charge in [-0.25, -0.2) is 0 Å². The van der Waals surface area contributed by atoms with Crippen LogP contribution in [0.2, 0.25) is 0 Å². The predicted octanol–water partition coefficient (Wildman–Crippen LogP) is 3.18. The minimum Gasteiger partial charge on any atom is -0.497 e. The molecule has 0 aromatic heterocycles. The Bertz CT molecular complexity index is 291. The van der Waals surface area contributed by atoms with Crippen molar-refractivity contribution in [2.75, 3.05) is 7.11 Å². The largest absolute Gasteiger partial charge is 0.497 e. The van der Waals surface area contributed by atoms with Gasteiger partial charge in [-0.2, -0.15) is 0 Å². The fourth-order valence-electron chi connectivity index (χ4n) is 1.67. The van der Waals surface area contributed by atoms with E-state index in [4.69, 9.17) is 10.5 Å². The van der Waals surface area contributed by atoms with Crippen LogP contribution in [0.25, 0.3) is 0 Å². The molecular weight excluding hydrogens is 222 g/mol. The summed E-state index contributed by atoms with van der Waals surface area (Å²) >= 11 is 0. The number of ether oxygens (including phenoxy) is 1. The van der Waals surface area contributed by atoms with Crippen LogP contribution in [0, 0.1) is 0 Å². The molecule has 1 aromatic carbocycles. The summed E-state index contributed by atoms with van der Waals surface area (Å²) < 4.78 is 5.18. The summed E-state index contributed by atoms with van der Waals surface area (Å²) in [6, 6.07) is 8.42. The molecule has 0 bridgehead atoms. The second-order valence-corrected chi connectivity index (χ2v) is 3.96. The van der Waals surface area contributed by atoms with Crippen LogP contribution < -0.4 is 10.5 Å². The fourth-order valence-corrected chi connectivity index (χ4v) is 1.67. The van der Waals surface area contributed by atoms with Gasteiger partial charge in [-0.05, 0) is 30.5 Å². The standard InChI is InChI=1S/C13H21NO.ClH/c1-3-4-7-12(14)9-11-6-5-8-13(10-11)15-2;/h5-6,8,10,12H,3-4,7,9,14H2,1-2H3;1H. The van der Waals surface area contributed by atoms with Crippen molar-refractivity contribution >= 4 is 12.4 Å². The molecule has 1 rings (SSSR count). The van der Waals surface area contributed by atoms with Crippen LogP contribution in [0.1, 0.15) is 31.7 Å². The molecule has 0 saturated carbocycles. The lowest BCUT2D eigenvalue weighted by atomic mass is 10.0. The molecule has 0 radical (unpaired) electrons. The van der Waals surface area contributed by atoms with Gasteiger partial charge in [-0.3, -0.25) is 0 Å². The second-order valence-electron chi connectivity index (χ2n) is 3.96. The van der Waals surface area contributed by atoms with Gasteiger partial charge in [0.2, 0.25) is 0 Å². The van der Waals surface area contributed by atoms with Crippen molar-refractivity contribution in [1.82, 2.24) is 0 Å². The molecule has 0 heterocycles. The predicted molar refractivity (Wildman–Crippen MR) is 71.4 cm³/mol. The van der Waals surface area contributed by atoms with Gasteiger partial charge in [0.1, 0.15) is 5.75 Å². The molecule has 1 unspecified atom stereocenters. The molecule has 92 valence electrons. The summed E-state index contributed by atoms with van der Waals surface area (Å²) in [4.78, 5) is 0. The molecule has 2 N–H and O–H groups in total. The van der Waals surface area contributed by atoms with E-state index in [2.05, 4.69) is 19.1 Å². The lowest BCUT2D eigenvalue weighted by Gasteiger charge is -2.11. The van der Waals surface area contributed by atoms with E-state index in [1.165, 1.54) is 18.4 Å². The van der Waals surface area contributed by atoms with Crippen LogP contribution in [-0.4, -0.2) is 13.2 Å². The maximum Gasteiger partial charge on any atom is 0.119 e. The third-order valence-corrected chi connectivity index (χ3v) is 2.56. The Morgan fingerprint density at radius 3 is 2.75 bits per heavy atom. The average molecular weight is 244 g/mol. The maximum atomic E-state index is 6.04. The van der Waals surface area contributed by atoms with Crippen LogP contribution >= 0.6 is 12.4 Å². The Kier molecular flexibility index (Phi) is 8.04. The van der Waals surface area contributed by atoms with Gasteiger partial charge in [0.05, 0.1) is 7.11 Å². The summed E-state index contributed by atoms with van der Waals surface area (Å²) in [5, 5.41) is 0. The zero-order chi connectivity index (χ0) is 11.1. The molecular formula is C13H22ClNO. The lowest BCUT2D eigenvalue weighted by molar-refractivity contribution is 0.414. The Labute approximate surface area is 105 Å². The van der Waals surface area contributed by atoms with Crippen molar-refractivity contribution in [3.8, 4) is 5.75 Å². The van der Waals surface area contributed by atoms with Gasteiger partial charge in [0, 0.05) is 6.04 Å². The van der Waals surface area contributed by atoms with E-state index in [0.717, 1.165) is 18.6 Å². The Morgan fingerprint density at radius 1 is 1.38 bits per heavy atom. The van der Waals surface area contributed by atoms with Crippen molar-refractivity contribution in [2.24, 2.45) is 5.73 Å². The molecule has 1 aromatic rings. The van der Waals surface area contributed by atoms with Crippen LogP contribution in [0.15, 0.2) is 24.3 Å². The van der Waals surface area contributed by atoms with Crippen molar-refractivity contribution in [3.63, 3.8) is 0 Å². The number of rotatable bonds is 6. The number of hydrogen-bond donors (Lipinski definition) is 1. The van der Waals surface area contributed by atoms with Crippen LogP contribution in [-0.2, 0) is 6.42 Å². The molecule has 0 spiro atoms. The number of hydrogen-bond acceptors (Lipinski definition) is 2. The first-order valence-electron chi connectivity index (χ1n) is 5.64. The molecule has 2 nitrogen and oxygen atoms in total. The van der Waals surface area contributed by atoms with Crippen LogP contribution in [0.3, 0.4) is 0 Å². The summed E-state index contributed by atoms with van der Waals surface area (Å²) in [5.74, 6) is 0.912. The van der Waals surface area contributed by atoms with Crippen LogP contribution in [0.5, 0.6) is 5.75 Å². The topological polar surface area (TPSA) is 35.2 Å². The van der Waals surface area contributed by atoms with E-state index < -0.39 is 0 Å². The highest BCUT2D eigenvalue weighted by Gasteiger charge is 2.04. The summed E-state index contributed by atoms with van der Waals surface area (Å²) in [6.07, 6.45) is 4.47. The van der Waals surface area contributed by atoms with E-state index in [1.54, 1.807) is 7.11 Å². The van der Waals surface area contributed by atoms with Gasteiger partial charge < -0.3 is 10.5 Å². The Balaban J connectivity index is 0.00000225. The number of unbranched alkanes of at least 4 members (excludes halogenated alkanes) is 1. The molecule has 0 saturated heterocycles. The van der Waals surface area contributed by atoms with E-state index in [0.29, 0.717) is 0 Å². The zero-order valence-corrected chi connectivity index (χ0v) is 10.9. The lowest BCUT2D eigenvalue weighted by Crippen LogP contribution is -2.22. The third kappa shape index (κ3) is 5.38. The molecule has 0 fully saturated rings. The fraction of sp³-hybridized carbons (Fsp3) is 0.538. The number of methoxy groups -OCH3 is 1. The molecule has 3 heteroatoms. The van der Waals surface area contributed by atoms with Gasteiger partial charge in [-0.1, -0.05) is 31.9 Å². The van der Waals surface area contributed by atoms with Gasteiger partial charge in [0.25, 0.3) is 0 Å². The number of halogens is 1. The minimum absolute atomic E-state index is 0. The van der Waals surface area contributed by atoms with E-state index in [-0.39, 0.29) is 18.4 Å². The molecule has 0 aliphatic rings. The molecule has 0 aliphatic carbocycles. The van der Waals surface area contributed by atoms with Gasteiger partial charge in [-0.15, -0.1) is 12.4 Å². The highest BCUT2D eigenvalue weighted by molar-refractivity contribution is 5.85. The molecule has 16 heavy (non-hydrogen) atoms. The summed E-state index contributed by atoms with van der Waals surface area (Å²) in [5.41, 5.74) is 7.30. The van der Waals surface area contributed by atoms with Crippen molar-refractivity contribution < 1.29 is 4.74 Å². The first-order chi connectivity index (χ1) is 7.26. The van der Waals surface area contributed by atoms with Crippen molar-refractivity contribution in [3.05, 3.63) is 29.8 Å². The second kappa shape index (κ2) is 8.43. The summed E-state index contributed by atoms with van der Waals surface area (Å²) in [7, 11) is 1.69. The van der Waals surface area contributed by atoms with Crippen LogP contribution in [0.4, 0.5) is 0 Å². The highest BCUT2D eigenvalue weighted by atomic mass is 35.5. The normalized spacial score (nSPS) is 11.7. The Morgan fingerprint density at radius 2 is 2.12 bits per heavy atom. The minimum atomic E-state index is 0.